The molecule has 1 saturated heterocycles. The maximum Gasteiger partial charge on any atom is 0.318 e. The number of carbonyl (C=O) groups excluding carboxylic acids is 1. The summed E-state index contributed by atoms with van der Waals surface area (Å²) in [6, 6.07) is 9.62. The molecular formula is C16H22N2O3S. The lowest BCUT2D eigenvalue weighted by Crippen LogP contribution is -2.56. The third-order valence-corrected chi connectivity index (χ3v) is 6.71. The van der Waals surface area contributed by atoms with Gasteiger partial charge in [-0.3, -0.25) is 0 Å². The fourth-order valence-electron chi connectivity index (χ4n) is 3.31. The van der Waals surface area contributed by atoms with Crippen molar-refractivity contribution in [1.29, 1.82) is 0 Å². The monoisotopic (exact) mass is 322 g/mol. The van der Waals surface area contributed by atoms with Gasteiger partial charge in [0, 0.05) is 13.1 Å². The summed E-state index contributed by atoms with van der Waals surface area (Å²) in [5, 5.41) is 3.14. The van der Waals surface area contributed by atoms with Crippen LogP contribution >= 0.6 is 0 Å². The Balaban J connectivity index is 1.70. The van der Waals surface area contributed by atoms with Crippen LogP contribution < -0.4 is 5.32 Å². The van der Waals surface area contributed by atoms with Crippen LogP contribution in [-0.4, -0.2) is 43.9 Å². The van der Waals surface area contributed by atoms with Gasteiger partial charge in [0.15, 0.2) is 9.84 Å². The lowest BCUT2D eigenvalue weighted by molar-refractivity contribution is 0.148. The molecule has 3 rings (SSSR count). The first-order chi connectivity index (χ1) is 10.4. The van der Waals surface area contributed by atoms with Gasteiger partial charge in [-0.1, -0.05) is 30.3 Å². The summed E-state index contributed by atoms with van der Waals surface area (Å²) in [6.07, 6.45) is 3.49. The molecule has 1 aliphatic heterocycles. The Morgan fingerprint density at radius 2 is 1.95 bits per heavy atom. The van der Waals surface area contributed by atoms with Crippen LogP contribution in [0.15, 0.2) is 30.3 Å². The van der Waals surface area contributed by atoms with Gasteiger partial charge in [0.2, 0.25) is 0 Å². The smallest absolute Gasteiger partial charge is 0.318 e. The third-order valence-electron chi connectivity index (χ3n) is 4.96. The van der Waals surface area contributed by atoms with Crippen LogP contribution in [0.5, 0.6) is 0 Å². The largest absolute Gasteiger partial charge is 0.328 e. The summed E-state index contributed by atoms with van der Waals surface area (Å²) in [5.74, 6) is 0.258. The minimum absolute atomic E-state index is 0.0786. The third kappa shape index (κ3) is 2.84. The second-order valence-electron chi connectivity index (χ2n) is 6.40. The molecule has 2 amide bonds. The van der Waals surface area contributed by atoms with E-state index in [2.05, 4.69) is 5.32 Å². The molecular weight excluding hydrogens is 300 g/mol. The van der Waals surface area contributed by atoms with Gasteiger partial charge in [0.1, 0.15) is 0 Å². The van der Waals surface area contributed by atoms with E-state index in [4.69, 9.17) is 0 Å². The van der Waals surface area contributed by atoms with Gasteiger partial charge in [-0.15, -0.1) is 0 Å². The number of nitrogens with zero attached hydrogens (tertiary/aromatic N) is 1. The molecule has 2 aliphatic rings. The summed E-state index contributed by atoms with van der Waals surface area (Å²) in [4.78, 5) is 14.1. The molecule has 1 atom stereocenters. The molecule has 1 unspecified atom stereocenters. The fourth-order valence-corrected chi connectivity index (χ4v) is 5.09. The Kier molecular flexibility index (Phi) is 3.89. The molecule has 5 nitrogen and oxygen atoms in total. The second kappa shape index (κ2) is 5.57. The van der Waals surface area contributed by atoms with Crippen LogP contribution in [0.2, 0.25) is 0 Å². The van der Waals surface area contributed by atoms with Crippen molar-refractivity contribution in [2.45, 2.75) is 37.3 Å². The van der Waals surface area contributed by atoms with Gasteiger partial charge < -0.3 is 10.2 Å². The lowest BCUT2D eigenvalue weighted by atomic mass is 9.72. The van der Waals surface area contributed by atoms with Crippen LogP contribution in [0.3, 0.4) is 0 Å². The average molecular weight is 322 g/mol. The molecule has 1 aromatic rings. The van der Waals surface area contributed by atoms with Crippen molar-refractivity contribution in [2.75, 3.05) is 18.6 Å². The van der Waals surface area contributed by atoms with Gasteiger partial charge in [-0.05, 0) is 31.2 Å². The molecule has 0 radical (unpaired) electrons. The fraction of sp³-hybridized carbons (Fsp3) is 0.562. The first-order valence-corrected chi connectivity index (χ1v) is 9.55. The van der Waals surface area contributed by atoms with Crippen molar-refractivity contribution < 1.29 is 13.2 Å². The highest BCUT2D eigenvalue weighted by Crippen LogP contribution is 2.41. The summed E-state index contributed by atoms with van der Waals surface area (Å²) in [7, 11) is -1.29. The minimum atomic E-state index is -2.98. The van der Waals surface area contributed by atoms with Crippen molar-refractivity contribution in [3.63, 3.8) is 0 Å². The van der Waals surface area contributed by atoms with Gasteiger partial charge in [0.25, 0.3) is 0 Å². The number of rotatable bonds is 3. The zero-order valence-electron chi connectivity index (χ0n) is 12.8. The van der Waals surface area contributed by atoms with E-state index in [1.807, 2.05) is 30.3 Å². The summed E-state index contributed by atoms with van der Waals surface area (Å²) < 4.78 is 23.2. The first-order valence-electron chi connectivity index (χ1n) is 7.73. The standard InChI is InChI=1S/C16H22N2O3S/c1-18(14-8-11-22(20,21)12-14)15(19)17-16(9-5-10-16)13-6-3-2-4-7-13/h2-4,6-7,14H,5,8-12H2,1H3,(H,17,19). The molecule has 1 N–H and O–H groups in total. The number of hydrogen-bond acceptors (Lipinski definition) is 3. The van der Waals surface area contributed by atoms with Gasteiger partial charge in [-0.2, -0.15) is 0 Å². The summed E-state index contributed by atoms with van der Waals surface area (Å²) in [6.45, 7) is 0. The van der Waals surface area contributed by atoms with E-state index in [9.17, 15) is 13.2 Å². The number of nitrogens with one attached hydrogen (secondary N) is 1. The molecule has 1 heterocycles. The number of hydrogen-bond donors (Lipinski definition) is 1. The Hall–Kier alpha value is -1.56. The SMILES string of the molecule is CN(C(=O)NC1(c2ccccc2)CCC1)C1CCS(=O)(=O)C1. The van der Waals surface area contributed by atoms with Crippen LogP contribution in [-0.2, 0) is 15.4 Å². The van der Waals surface area contributed by atoms with Crippen LogP contribution in [0.1, 0.15) is 31.2 Å². The highest BCUT2D eigenvalue weighted by Gasteiger charge is 2.42. The molecule has 1 saturated carbocycles. The topological polar surface area (TPSA) is 66.5 Å². The first kappa shape index (κ1) is 15.3. The van der Waals surface area contributed by atoms with E-state index in [1.165, 1.54) is 0 Å². The zero-order chi connectivity index (χ0) is 15.8. The molecule has 1 aliphatic carbocycles. The van der Waals surface area contributed by atoms with E-state index < -0.39 is 9.84 Å². The molecule has 6 heteroatoms. The van der Waals surface area contributed by atoms with Crippen LogP contribution in [0, 0.1) is 0 Å². The Morgan fingerprint density at radius 3 is 2.45 bits per heavy atom. The predicted octanol–water partition coefficient (Wildman–Crippen LogP) is 1.89. The summed E-state index contributed by atoms with van der Waals surface area (Å²) in [5.41, 5.74) is 0.839. The quantitative estimate of drug-likeness (QED) is 0.924. The van der Waals surface area contributed by atoms with Gasteiger partial charge in [0.05, 0.1) is 17.0 Å². The average Bonchev–Trinajstić information content (AvgIpc) is 2.83. The van der Waals surface area contributed by atoms with E-state index >= 15 is 0 Å². The van der Waals surface area contributed by atoms with Gasteiger partial charge >= 0.3 is 6.03 Å². The number of urea groups is 1. The molecule has 0 aromatic heterocycles. The van der Waals surface area contributed by atoms with Crippen molar-refractivity contribution in [3.05, 3.63) is 35.9 Å². The number of carbonyl (C=O) groups is 1. The van der Waals surface area contributed by atoms with Crippen LogP contribution in [0.25, 0.3) is 0 Å². The van der Waals surface area contributed by atoms with Crippen molar-refractivity contribution in [2.24, 2.45) is 0 Å². The lowest BCUT2D eigenvalue weighted by Gasteiger charge is -2.44. The highest BCUT2D eigenvalue weighted by atomic mass is 32.2. The molecule has 22 heavy (non-hydrogen) atoms. The van der Waals surface area contributed by atoms with Gasteiger partial charge in [-0.25, -0.2) is 13.2 Å². The number of amides is 2. The molecule has 0 bridgehead atoms. The predicted molar refractivity (Wildman–Crippen MR) is 85.3 cm³/mol. The molecule has 2 fully saturated rings. The maximum absolute atomic E-state index is 12.5. The minimum Gasteiger partial charge on any atom is -0.328 e. The molecule has 0 spiro atoms. The Bertz CT molecular complexity index is 653. The van der Waals surface area contributed by atoms with Crippen LogP contribution in [0.4, 0.5) is 4.79 Å². The van der Waals surface area contributed by atoms with E-state index in [-0.39, 0.29) is 29.1 Å². The number of sulfone groups is 1. The van der Waals surface area contributed by atoms with E-state index in [0.717, 1.165) is 24.8 Å². The highest BCUT2D eigenvalue weighted by molar-refractivity contribution is 7.91. The van der Waals surface area contributed by atoms with E-state index in [0.29, 0.717) is 6.42 Å². The second-order valence-corrected chi connectivity index (χ2v) is 8.63. The maximum atomic E-state index is 12.5. The summed E-state index contributed by atoms with van der Waals surface area (Å²) >= 11 is 0. The molecule has 120 valence electrons. The normalized spacial score (nSPS) is 25.2. The van der Waals surface area contributed by atoms with Crippen molar-refractivity contribution in [3.8, 4) is 0 Å². The zero-order valence-corrected chi connectivity index (χ0v) is 13.6. The Labute approximate surface area is 131 Å². The van der Waals surface area contributed by atoms with E-state index in [1.54, 1.807) is 11.9 Å². The molecule has 1 aromatic carbocycles. The number of benzene rings is 1. The van der Waals surface area contributed by atoms with Crippen molar-refractivity contribution >= 4 is 15.9 Å². The Morgan fingerprint density at radius 1 is 1.27 bits per heavy atom. The van der Waals surface area contributed by atoms with Crippen molar-refractivity contribution in [1.82, 2.24) is 10.2 Å².